The Hall–Kier alpha value is -0.520. The maximum absolute atomic E-state index is 11.9. The van der Waals surface area contributed by atoms with Crippen LogP contribution >= 0.6 is 43.2 Å². The van der Waals surface area contributed by atoms with Gasteiger partial charge in [0.25, 0.3) is 0 Å². The van der Waals surface area contributed by atoms with E-state index in [2.05, 4.69) is 36.8 Å². The van der Waals surface area contributed by atoms with Crippen molar-refractivity contribution in [3.05, 3.63) is 49.3 Å². The van der Waals surface area contributed by atoms with Crippen molar-refractivity contribution in [2.24, 2.45) is 0 Å². The summed E-state index contributed by atoms with van der Waals surface area (Å²) in [5, 5.41) is 0. The second kappa shape index (κ2) is 4.55. The molecule has 0 aliphatic rings. The Bertz CT molecular complexity index is 476. The maximum atomic E-state index is 11.9. The first-order valence-corrected chi connectivity index (χ1v) is 6.48. The SMILES string of the molecule is O=C(c1cccnc1)c1cc(Br)c(Br)s1. The molecule has 0 N–H and O–H groups in total. The first-order valence-electron chi connectivity index (χ1n) is 4.08. The first-order chi connectivity index (χ1) is 7.18. The lowest BCUT2D eigenvalue weighted by Gasteiger charge is -1.95. The zero-order valence-corrected chi connectivity index (χ0v) is 11.4. The molecule has 15 heavy (non-hydrogen) atoms. The van der Waals surface area contributed by atoms with E-state index in [-0.39, 0.29) is 5.78 Å². The molecule has 0 radical (unpaired) electrons. The van der Waals surface area contributed by atoms with E-state index in [1.165, 1.54) is 11.3 Å². The number of carbonyl (C=O) groups excluding carboxylic acids is 1. The van der Waals surface area contributed by atoms with Gasteiger partial charge in [-0.1, -0.05) is 0 Å². The third kappa shape index (κ3) is 2.35. The molecule has 2 nitrogen and oxygen atoms in total. The first kappa shape index (κ1) is 11.0. The van der Waals surface area contributed by atoms with Crippen LogP contribution in [-0.2, 0) is 0 Å². The predicted molar refractivity (Wildman–Crippen MR) is 67.4 cm³/mol. The molecule has 0 atom stereocenters. The summed E-state index contributed by atoms with van der Waals surface area (Å²) in [6.45, 7) is 0. The van der Waals surface area contributed by atoms with Gasteiger partial charge in [-0.3, -0.25) is 9.78 Å². The third-order valence-corrected chi connectivity index (χ3v) is 5.05. The number of pyridine rings is 1. The molecular formula is C10H5Br2NOS. The van der Waals surface area contributed by atoms with E-state index >= 15 is 0 Å². The van der Waals surface area contributed by atoms with Crippen LogP contribution in [0.15, 0.2) is 38.9 Å². The second-order valence-electron chi connectivity index (χ2n) is 2.80. The van der Waals surface area contributed by atoms with Gasteiger partial charge in [0.05, 0.1) is 8.66 Å². The second-order valence-corrected chi connectivity index (χ2v) is 6.03. The molecule has 2 aromatic heterocycles. The number of halogens is 2. The Balaban J connectivity index is 2.37. The number of aromatic nitrogens is 1. The van der Waals surface area contributed by atoms with E-state index in [1.807, 2.05) is 6.07 Å². The van der Waals surface area contributed by atoms with E-state index in [4.69, 9.17) is 0 Å². The quantitative estimate of drug-likeness (QED) is 0.772. The van der Waals surface area contributed by atoms with Crippen molar-refractivity contribution >= 4 is 49.0 Å². The molecule has 0 saturated heterocycles. The van der Waals surface area contributed by atoms with E-state index < -0.39 is 0 Å². The summed E-state index contributed by atoms with van der Waals surface area (Å²) in [7, 11) is 0. The third-order valence-electron chi connectivity index (χ3n) is 1.79. The van der Waals surface area contributed by atoms with Crippen LogP contribution < -0.4 is 0 Å². The Morgan fingerprint density at radius 2 is 2.20 bits per heavy atom. The smallest absolute Gasteiger partial charge is 0.204 e. The molecule has 0 saturated carbocycles. The average molecular weight is 347 g/mol. The highest BCUT2D eigenvalue weighted by Gasteiger charge is 2.13. The highest BCUT2D eigenvalue weighted by atomic mass is 79.9. The molecule has 0 aliphatic carbocycles. The van der Waals surface area contributed by atoms with Crippen molar-refractivity contribution < 1.29 is 4.79 Å². The fraction of sp³-hybridized carbons (Fsp3) is 0. The van der Waals surface area contributed by atoms with Crippen molar-refractivity contribution in [3.63, 3.8) is 0 Å². The molecule has 2 heterocycles. The molecule has 0 aliphatic heterocycles. The van der Waals surface area contributed by atoms with Crippen LogP contribution in [0, 0.1) is 0 Å². The molecule has 0 fully saturated rings. The predicted octanol–water partition coefficient (Wildman–Crippen LogP) is 3.90. The zero-order valence-electron chi connectivity index (χ0n) is 7.41. The van der Waals surface area contributed by atoms with Crippen molar-refractivity contribution in [2.75, 3.05) is 0 Å². The van der Waals surface area contributed by atoms with Gasteiger partial charge in [-0.05, 0) is 50.1 Å². The van der Waals surface area contributed by atoms with Crippen molar-refractivity contribution in [1.82, 2.24) is 4.98 Å². The van der Waals surface area contributed by atoms with Crippen LogP contribution in [0.5, 0.6) is 0 Å². The van der Waals surface area contributed by atoms with Crippen LogP contribution in [0.3, 0.4) is 0 Å². The topological polar surface area (TPSA) is 30.0 Å². The molecule has 0 spiro atoms. The number of ketones is 1. The van der Waals surface area contributed by atoms with Crippen LogP contribution in [0.2, 0.25) is 0 Å². The number of carbonyl (C=O) groups is 1. The lowest BCUT2D eigenvalue weighted by molar-refractivity contribution is 0.104. The summed E-state index contributed by atoms with van der Waals surface area (Å²) >= 11 is 8.12. The minimum atomic E-state index is -0.000463. The summed E-state index contributed by atoms with van der Waals surface area (Å²) in [4.78, 5) is 16.6. The average Bonchev–Trinajstić information content (AvgIpc) is 2.59. The molecule has 0 aromatic carbocycles. The van der Waals surface area contributed by atoms with Crippen LogP contribution in [-0.4, -0.2) is 10.8 Å². The molecule has 2 rings (SSSR count). The van der Waals surface area contributed by atoms with Crippen LogP contribution in [0.1, 0.15) is 15.2 Å². The van der Waals surface area contributed by atoms with Gasteiger partial charge in [-0.2, -0.15) is 0 Å². The molecule has 0 unspecified atom stereocenters. The number of hydrogen-bond donors (Lipinski definition) is 0. The Labute approximate surface area is 108 Å². The zero-order chi connectivity index (χ0) is 10.8. The monoisotopic (exact) mass is 345 g/mol. The molecule has 2 aromatic rings. The van der Waals surface area contributed by atoms with Gasteiger partial charge in [-0.25, -0.2) is 0 Å². The summed E-state index contributed by atoms with van der Waals surface area (Å²) in [6, 6.07) is 5.33. The van der Waals surface area contributed by atoms with E-state index in [0.29, 0.717) is 10.4 Å². The molecular weight excluding hydrogens is 342 g/mol. The van der Waals surface area contributed by atoms with E-state index in [9.17, 15) is 4.79 Å². The number of nitrogens with zero attached hydrogens (tertiary/aromatic N) is 1. The van der Waals surface area contributed by atoms with E-state index in [0.717, 1.165) is 8.26 Å². The van der Waals surface area contributed by atoms with Crippen molar-refractivity contribution in [2.45, 2.75) is 0 Å². The Kier molecular flexibility index (Phi) is 3.33. The Morgan fingerprint density at radius 3 is 2.73 bits per heavy atom. The highest BCUT2D eigenvalue weighted by Crippen LogP contribution is 2.33. The fourth-order valence-corrected chi connectivity index (χ4v) is 3.10. The maximum Gasteiger partial charge on any atom is 0.204 e. The summed E-state index contributed by atoms with van der Waals surface area (Å²) in [5.41, 5.74) is 0.610. The van der Waals surface area contributed by atoms with Gasteiger partial charge in [0.1, 0.15) is 0 Å². The lowest BCUT2D eigenvalue weighted by Crippen LogP contribution is -1.98. The fourth-order valence-electron chi connectivity index (χ4n) is 1.10. The van der Waals surface area contributed by atoms with Gasteiger partial charge in [0.15, 0.2) is 0 Å². The summed E-state index contributed by atoms with van der Waals surface area (Å²) in [6.07, 6.45) is 3.22. The van der Waals surface area contributed by atoms with Gasteiger partial charge >= 0.3 is 0 Å². The molecule has 76 valence electrons. The van der Waals surface area contributed by atoms with Crippen LogP contribution in [0.4, 0.5) is 0 Å². The normalized spacial score (nSPS) is 10.3. The minimum absolute atomic E-state index is 0.000463. The van der Waals surface area contributed by atoms with Gasteiger partial charge in [-0.15, -0.1) is 11.3 Å². The largest absolute Gasteiger partial charge is 0.288 e. The number of thiophene rings is 1. The molecule has 0 amide bonds. The standard InChI is InChI=1S/C10H5Br2NOS/c11-7-4-8(15-10(7)12)9(14)6-2-1-3-13-5-6/h1-5H. The number of rotatable bonds is 2. The molecule has 5 heteroatoms. The number of hydrogen-bond acceptors (Lipinski definition) is 3. The summed E-state index contributed by atoms with van der Waals surface area (Å²) < 4.78 is 1.83. The lowest BCUT2D eigenvalue weighted by atomic mass is 10.2. The van der Waals surface area contributed by atoms with Crippen LogP contribution in [0.25, 0.3) is 0 Å². The van der Waals surface area contributed by atoms with Crippen molar-refractivity contribution in [1.29, 1.82) is 0 Å². The Morgan fingerprint density at radius 1 is 1.40 bits per heavy atom. The van der Waals surface area contributed by atoms with Gasteiger partial charge in [0, 0.05) is 22.4 Å². The van der Waals surface area contributed by atoms with Gasteiger partial charge in [0.2, 0.25) is 5.78 Å². The highest BCUT2D eigenvalue weighted by molar-refractivity contribution is 9.13. The van der Waals surface area contributed by atoms with Gasteiger partial charge < -0.3 is 0 Å². The summed E-state index contributed by atoms with van der Waals surface area (Å²) in [5.74, 6) is -0.000463. The molecule has 0 bridgehead atoms. The van der Waals surface area contributed by atoms with E-state index in [1.54, 1.807) is 24.5 Å². The van der Waals surface area contributed by atoms with Crippen molar-refractivity contribution in [3.8, 4) is 0 Å². The minimum Gasteiger partial charge on any atom is -0.288 e.